The fourth-order valence-corrected chi connectivity index (χ4v) is 2.58. The van der Waals surface area contributed by atoms with Gasteiger partial charge in [0.25, 0.3) is 0 Å². The Bertz CT molecular complexity index is 487. The molecule has 0 radical (unpaired) electrons. The molecule has 0 aliphatic heterocycles. The Kier molecular flexibility index (Phi) is 3.92. The molecule has 1 aromatic carbocycles. The minimum Gasteiger partial charge on any atom is -0.377 e. The molecular formula is C14H13NOS. The molecule has 0 saturated carbocycles. The predicted molar refractivity (Wildman–Crippen MR) is 68.8 cm³/mol. The van der Waals surface area contributed by atoms with Gasteiger partial charge >= 0.3 is 0 Å². The van der Waals surface area contributed by atoms with Gasteiger partial charge in [-0.1, -0.05) is 30.3 Å². The third-order valence-corrected chi connectivity index (χ3v) is 3.48. The first-order chi connectivity index (χ1) is 8.31. The maximum atomic E-state index is 9.79. The van der Waals surface area contributed by atoms with Crippen LogP contribution in [-0.4, -0.2) is 11.2 Å². The first-order valence-electron chi connectivity index (χ1n) is 5.45. The zero-order chi connectivity index (χ0) is 12.1. The van der Waals surface area contributed by atoms with Crippen molar-refractivity contribution in [3.05, 3.63) is 58.3 Å². The Hall–Kier alpha value is -1.63. The summed E-state index contributed by atoms with van der Waals surface area (Å²) in [4.78, 5) is 0. The molecule has 0 bridgehead atoms. The number of nitrogens with zero attached hydrogens (tertiary/aromatic N) is 1. The SMILES string of the molecule is N#CC(O)C(Cc1ccccc1)c1ccsc1. The first kappa shape index (κ1) is 11.8. The van der Waals surface area contributed by atoms with E-state index >= 15 is 0 Å². The summed E-state index contributed by atoms with van der Waals surface area (Å²) in [7, 11) is 0. The summed E-state index contributed by atoms with van der Waals surface area (Å²) in [5.41, 5.74) is 2.17. The van der Waals surface area contributed by atoms with Crippen LogP contribution in [0.2, 0.25) is 0 Å². The molecule has 3 heteroatoms. The Balaban J connectivity index is 2.21. The van der Waals surface area contributed by atoms with Crippen molar-refractivity contribution in [3.8, 4) is 6.07 Å². The van der Waals surface area contributed by atoms with E-state index in [2.05, 4.69) is 0 Å². The lowest BCUT2D eigenvalue weighted by molar-refractivity contribution is 0.196. The summed E-state index contributed by atoms with van der Waals surface area (Å²) in [6.07, 6.45) is -0.267. The van der Waals surface area contributed by atoms with Crippen LogP contribution in [0.4, 0.5) is 0 Å². The third-order valence-electron chi connectivity index (χ3n) is 2.78. The lowest BCUT2D eigenvalue weighted by Gasteiger charge is -2.17. The Morgan fingerprint density at radius 2 is 2.00 bits per heavy atom. The van der Waals surface area contributed by atoms with E-state index in [1.54, 1.807) is 11.3 Å². The van der Waals surface area contributed by atoms with Gasteiger partial charge in [0.2, 0.25) is 0 Å². The second-order valence-corrected chi connectivity index (χ2v) is 4.71. The lowest BCUT2D eigenvalue weighted by atomic mass is 9.89. The molecule has 1 aromatic heterocycles. The molecule has 0 amide bonds. The van der Waals surface area contributed by atoms with Crippen molar-refractivity contribution in [2.45, 2.75) is 18.4 Å². The average Bonchev–Trinajstić information content (AvgIpc) is 2.90. The van der Waals surface area contributed by atoms with E-state index in [4.69, 9.17) is 5.26 Å². The van der Waals surface area contributed by atoms with Gasteiger partial charge in [0.05, 0.1) is 6.07 Å². The van der Waals surface area contributed by atoms with Crippen LogP contribution in [0.1, 0.15) is 17.0 Å². The molecule has 2 nitrogen and oxygen atoms in total. The van der Waals surface area contributed by atoms with E-state index in [1.807, 2.05) is 53.2 Å². The number of aliphatic hydroxyl groups excluding tert-OH is 1. The average molecular weight is 243 g/mol. The van der Waals surface area contributed by atoms with Gasteiger partial charge in [-0.2, -0.15) is 16.6 Å². The van der Waals surface area contributed by atoms with E-state index < -0.39 is 6.10 Å². The molecule has 1 N–H and O–H groups in total. The van der Waals surface area contributed by atoms with Gasteiger partial charge < -0.3 is 5.11 Å². The normalized spacial score (nSPS) is 13.9. The zero-order valence-electron chi connectivity index (χ0n) is 9.28. The summed E-state index contributed by atoms with van der Waals surface area (Å²) >= 11 is 1.59. The van der Waals surface area contributed by atoms with Gasteiger partial charge in [0.15, 0.2) is 0 Å². The van der Waals surface area contributed by atoms with Crippen LogP contribution in [-0.2, 0) is 6.42 Å². The number of rotatable bonds is 4. The topological polar surface area (TPSA) is 44.0 Å². The van der Waals surface area contributed by atoms with E-state index in [-0.39, 0.29) is 5.92 Å². The van der Waals surface area contributed by atoms with Crippen molar-refractivity contribution in [1.82, 2.24) is 0 Å². The standard InChI is InChI=1S/C14H13NOS/c15-9-14(16)13(12-6-7-17-10-12)8-11-4-2-1-3-5-11/h1-7,10,13-14,16H,8H2. The van der Waals surface area contributed by atoms with E-state index in [0.29, 0.717) is 6.42 Å². The predicted octanol–water partition coefficient (Wildman–Crippen LogP) is 2.96. The maximum absolute atomic E-state index is 9.79. The van der Waals surface area contributed by atoms with E-state index in [1.165, 1.54) is 0 Å². The second kappa shape index (κ2) is 5.62. The van der Waals surface area contributed by atoms with Crippen LogP contribution < -0.4 is 0 Å². The molecule has 0 fully saturated rings. The number of aliphatic hydroxyl groups is 1. The molecule has 17 heavy (non-hydrogen) atoms. The molecule has 0 spiro atoms. The Morgan fingerprint density at radius 3 is 2.59 bits per heavy atom. The monoisotopic (exact) mass is 243 g/mol. The molecule has 2 unspecified atom stereocenters. The van der Waals surface area contributed by atoms with Crippen LogP contribution in [0.25, 0.3) is 0 Å². The van der Waals surface area contributed by atoms with Crippen molar-refractivity contribution in [2.75, 3.05) is 0 Å². The zero-order valence-corrected chi connectivity index (χ0v) is 10.1. The molecule has 2 rings (SSSR count). The molecule has 2 atom stereocenters. The van der Waals surface area contributed by atoms with Gasteiger partial charge in [-0.25, -0.2) is 0 Å². The highest BCUT2D eigenvalue weighted by molar-refractivity contribution is 7.07. The molecular weight excluding hydrogens is 230 g/mol. The summed E-state index contributed by atoms with van der Waals surface area (Å²) in [5.74, 6) is -0.145. The Labute approximate surface area is 105 Å². The fraction of sp³-hybridized carbons (Fsp3) is 0.214. The summed E-state index contributed by atoms with van der Waals surface area (Å²) in [5, 5.41) is 22.6. The van der Waals surface area contributed by atoms with Crippen LogP contribution in [0, 0.1) is 11.3 Å². The van der Waals surface area contributed by atoms with E-state index in [9.17, 15) is 5.11 Å². The largest absolute Gasteiger partial charge is 0.377 e. The lowest BCUT2D eigenvalue weighted by Crippen LogP contribution is -2.18. The molecule has 0 saturated heterocycles. The molecule has 0 aliphatic rings. The van der Waals surface area contributed by atoms with Gasteiger partial charge in [-0.05, 0) is 34.4 Å². The van der Waals surface area contributed by atoms with Crippen LogP contribution in [0.5, 0.6) is 0 Å². The van der Waals surface area contributed by atoms with Crippen molar-refractivity contribution in [3.63, 3.8) is 0 Å². The number of benzene rings is 1. The smallest absolute Gasteiger partial charge is 0.147 e. The number of thiophene rings is 1. The minimum absolute atomic E-state index is 0.145. The van der Waals surface area contributed by atoms with Gasteiger partial charge in [-0.15, -0.1) is 0 Å². The number of hydrogen-bond donors (Lipinski definition) is 1. The highest BCUT2D eigenvalue weighted by Crippen LogP contribution is 2.26. The summed E-state index contributed by atoms with van der Waals surface area (Å²) in [6.45, 7) is 0. The second-order valence-electron chi connectivity index (χ2n) is 3.93. The van der Waals surface area contributed by atoms with Crippen molar-refractivity contribution < 1.29 is 5.11 Å². The summed E-state index contributed by atoms with van der Waals surface area (Å²) in [6, 6.07) is 13.8. The van der Waals surface area contributed by atoms with Crippen molar-refractivity contribution in [1.29, 1.82) is 5.26 Å². The highest BCUT2D eigenvalue weighted by Gasteiger charge is 2.21. The van der Waals surface area contributed by atoms with Gasteiger partial charge in [-0.3, -0.25) is 0 Å². The first-order valence-corrected chi connectivity index (χ1v) is 6.39. The molecule has 2 aromatic rings. The highest BCUT2D eigenvalue weighted by atomic mass is 32.1. The van der Waals surface area contributed by atoms with Gasteiger partial charge in [0, 0.05) is 5.92 Å². The van der Waals surface area contributed by atoms with Crippen LogP contribution in [0.3, 0.4) is 0 Å². The van der Waals surface area contributed by atoms with Gasteiger partial charge in [0.1, 0.15) is 6.10 Å². The van der Waals surface area contributed by atoms with Crippen molar-refractivity contribution in [2.24, 2.45) is 0 Å². The summed E-state index contributed by atoms with van der Waals surface area (Å²) < 4.78 is 0. The maximum Gasteiger partial charge on any atom is 0.147 e. The van der Waals surface area contributed by atoms with Crippen LogP contribution in [0.15, 0.2) is 47.2 Å². The molecule has 1 heterocycles. The fourth-order valence-electron chi connectivity index (χ4n) is 1.86. The Morgan fingerprint density at radius 1 is 1.24 bits per heavy atom. The minimum atomic E-state index is -0.954. The third kappa shape index (κ3) is 2.94. The van der Waals surface area contributed by atoms with E-state index in [0.717, 1.165) is 11.1 Å². The van der Waals surface area contributed by atoms with Crippen molar-refractivity contribution >= 4 is 11.3 Å². The quantitative estimate of drug-likeness (QED) is 0.839. The molecule has 86 valence electrons. The number of nitriles is 1. The molecule has 0 aliphatic carbocycles. The number of hydrogen-bond acceptors (Lipinski definition) is 3. The van der Waals surface area contributed by atoms with Crippen LogP contribution >= 0.6 is 11.3 Å².